The van der Waals surface area contributed by atoms with Gasteiger partial charge < -0.3 is 15.2 Å². The normalized spacial score (nSPS) is 12.0. The second kappa shape index (κ2) is 7.24. The minimum Gasteiger partial charge on any atom is -0.496 e. The van der Waals surface area contributed by atoms with E-state index in [0.29, 0.717) is 34.5 Å². The van der Waals surface area contributed by atoms with Gasteiger partial charge in [0, 0.05) is 6.07 Å². The molecule has 1 rings (SSSR count). The van der Waals surface area contributed by atoms with Crippen LogP contribution in [-0.2, 0) is 4.74 Å². The zero-order valence-electron chi connectivity index (χ0n) is 11.5. The van der Waals surface area contributed by atoms with Crippen LogP contribution in [0.25, 0.3) is 0 Å². The Bertz CT molecular complexity index is 449. The Morgan fingerprint density at radius 1 is 1.47 bits per heavy atom. The van der Waals surface area contributed by atoms with Crippen LogP contribution in [0.2, 0.25) is 5.02 Å². The van der Waals surface area contributed by atoms with Gasteiger partial charge in [0.25, 0.3) is 0 Å². The van der Waals surface area contributed by atoms with Gasteiger partial charge in [-0.2, -0.15) is 0 Å². The molecule has 19 heavy (non-hydrogen) atoms. The second-order valence-corrected chi connectivity index (χ2v) is 4.97. The largest absolute Gasteiger partial charge is 0.496 e. The van der Waals surface area contributed by atoms with Crippen molar-refractivity contribution in [1.82, 2.24) is 0 Å². The molecule has 0 aliphatic rings. The van der Waals surface area contributed by atoms with E-state index in [1.165, 1.54) is 19.2 Å². The summed E-state index contributed by atoms with van der Waals surface area (Å²) >= 11 is 5.91. The number of nitrogen functional groups attached to an aromatic ring is 1. The molecule has 1 unspecified atom stereocenters. The fourth-order valence-electron chi connectivity index (χ4n) is 1.77. The van der Waals surface area contributed by atoms with E-state index in [2.05, 4.69) is 6.92 Å². The van der Waals surface area contributed by atoms with Crippen molar-refractivity contribution in [1.29, 1.82) is 0 Å². The van der Waals surface area contributed by atoms with E-state index in [9.17, 15) is 4.79 Å². The zero-order valence-corrected chi connectivity index (χ0v) is 12.3. The minimum absolute atomic E-state index is 0.297. The molecule has 0 aromatic heterocycles. The van der Waals surface area contributed by atoms with E-state index in [0.717, 1.165) is 12.8 Å². The number of rotatable bonds is 6. The highest BCUT2D eigenvalue weighted by Gasteiger charge is 2.17. The summed E-state index contributed by atoms with van der Waals surface area (Å²) in [7, 11) is 1.47. The van der Waals surface area contributed by atoms with Crippen molar-refractivity contribution >= 4 is 23.3 Å². The van der Waals surface area contributed by atoms with Crippen LogP contribution in [0.4, 0.5) is 5.69 Å². The predicted molar refractivity (Wildman–Crippen MR) is 76.8 cm³/mol. The maximum atomic E-state index is 12.0. The fraction of sp³-hybridized carbons (Fsp3) is 0.500. The standard InChI is InChI=1S/C14H20ClNO3/c1-4-5-9(2)8-19-14(17)10-6-11(15)12(16)7-13(10)18-3/h6-7,9H,4-5,8,16H2,1-3H3. The van der Waals surface area contributed by atoms with Crippen LogP contribution in [-0.4, -0.2) is 19.7 Å². The summed E-state index contributed by atoms with van der Waals surface area (Å²) in [4.78, 5) is 12.0. The number of halogens is 1. The number of benzene rings is 1. The molecule has 1 atom stereocenters. The summed E-state index contributed by atoms with van der Waals surface area (Å²) in [5.41, 5.74) is 6.33. The van der Waals surface area contributed by atoms with Crippen molar-refractivity contribution in [3.8, 4) is 5.75 Å². The number of anilines is 1. The van der Waals surface area contributed by atoms with Gasteiger partial charge in [0.1, 0.15) is 11.3 Å². The van der Waals surface area contributed by atoms with Gasteiger partial charge in [-0.15, -0.1) is 0 Å². The zero-order chi connectivity index (χ0) is 14.4. The molecule has 1 aromatic carbocycles. The quantitative estimate of drug-likeness (QED) is 0.642. The molecule has 0 radical (unpaired) electrons. The highest BCUT2D eigenvalue weighted by molar-refractivity contribution is 6.33. The Morgan fingerprint density at radius 3 is 2.74 bits per heavy atom. The summed E-state index contributed by atoms with van der Waals surface area (Å²) in [5, 5.41) is 0.314. The molecule has 0 saturated carbocycles. The Hall–Kier alpha value is -1.42. The third-order valence-corrected chi connectivity index (χ3v) is 3.15. The molecule has 2 N–H and O–H groups in total. The van der Waals surface area contributed by atoms with Crippen LogP contribution < -0.4 is 10.5 Å². The second-order valence-electron chi connectivity index (χ2n) is 4.57. The molecule has 4 nitrogen and oxygen atoms in total. The molecular formula is C14H20ClNO3. The average Bonchev–Trinajstić information content (AvgIpc) is 2.39. The maximum Gasteiger partial charge on any atom is 0.341 e. The molecule has 0 saturated heterocycles. The molecule has 0 fully saturated rings. The number of carbonyl (C=O) groups excluding carboxylic acids is 1. The molecule has 0 bridgehead atoms. The third-order valence-electron chi connectivity index (χ3n) is 2.82. The van der Waals surface area contributed by atoms with Gasteiger partial charge in [-0.3, -0.25) is 0 Å². The van der Waals surface area contributed by atoms with E-state index < -0.39 is 5.97 Å². The van der Waals surface area contributed by atoms with Crippen molar-refractivity contribution in [3.63, 3.8) is 0 Å². The first-order valence-electron chi connectivity index (χ1n) is 6.29. The van der Waals surface area contributed by atoms with Gasteiger partial charge in [0.2, 0.25) is 0 Å². The van der Waals surface area contributed by atoms with Crippen LogP contribution in [0.15, 0.2) is 12.1 Å². The van der Waals surface area contributed by atoms with E-state index in [1.807, 2.05) is 6.92 Å². The van der Waals surface area contributed by atoms with Crippen molar-refractivity contribution in [2.45, 2.75) is 26.7 Å². The minimum atomic E-state index is -0.443. The summed E-state index contributed by atoms with van der Waals surface area (Å²) in [6.45, 7) is 4.53. The van der Waals surface area contributed by atoms with Gasteiger partial charge in [-0.1, -0.05) is 31.9 Å². The van der Waals surface area contributed by atoms with E-state index in [4.69, 9.17) is 26.8 Å². The molecule has 0 aliphatic heterocycles. The summed E-state index contributed by atoms with van der Waals surface area (Å²) < 4.78 is 10.4. The van der Waals surface area contributed by atoms with Gasteiger partial charge in [0.05, 0.1) is 24.4 Å². The van der Waals surface area contributed by atoms with Crippen molar-refractivity contribution < 1.29 is 14.3 Å². The molecule has 0 amide bonds. The molecular weight excluding hydrogens is 266 g/mol. The van der Waals surface area contributed by atoms with Gasteiger partial charge >= 0.3 is 5.97 Å². The lowest BCUT2D eigenvalue weighted by Gasteiger charge is -2.13. The van der Waals surface area contributed by atoms with Crippen LogP contribution in [0.1, 0.15) is 37.0 Å². The lowest BCUT2D eigenvalue weighted by Crippen LogP contribution is -2.13. The van der Waals surface area contributed by atoms with Crippen molar-refractivity contribution in [3.05, 3.63) is 22.7 Å². The Morgan fingerprint density at radius 2 is 2.16 bits per heavy atom. The highest BCUT2D eigenvalue weighted by Crippen LogP contribution is 2.29. The average molecular weight is 286 g/mol. The maximum absolute atomic E-state index is 12.0. The van der Waals surface area contributed by atoms with Gasteiger partial charge in [0.15, 0.2) is 0 Å². The van der Waals surface area contributed by atoms with E-state index in [-0.39, 0.29) is 0 Å². The highest BCUT2D eigenvalue weighted by atomic mass is 35.5. The first-order valence-corrected chi connectivity index (χ1v) is 6.67. The molecule has 106 valence electrons. The number of methoxy groups -OCH3 is 1. The SMILES string of the molecule is CCCC(C)COC(=O)c1cc(Cl)c(N)cc1OC. The van der Waals surface area contributed by atoms with E-state index in [1.54, 1.807) is 0 Å². The number of ether oxygens (including phenoxy) is 2. The third kappa shape index (κ3) is 4.31. The first kappa shape index (κ1) is 15.6. The first-order chi connectivity index (χ1) is 8.99. The van der Waals surface area contributed by atoms with Gasteiger partial charge in [-0.05, 0) is 18.4 Å². The summed E-state index contributed by atoms with van der Waals surface area (Å²) in [6, 6.07) is 3.00. The van der Waals surface area contributed by atoms with Crippen molar-refractivity contribution in [2.24, 2.45) is 5.92 Å². The summed E-state index contributed by atoms with van der Waals surface area (Å²) in [5.74, 6) is 0.265. The number of hydrogen-bond donors (Lipinski definition) is 1. The van der Waals surface area contributed by atoms with Crippen molar-refractivity contribution in [2.75, 3.05) is 19.5 Å². The monoisotopic (exact) mass is 285 g/mol. The smallest absolute Gasteiger partial charge is 0.341 e. The van der Waals surface area contributed by atoms with Crippen LogP contribution >= 0.6 is 11.6 Å². The molecule has 5 heteroatoms. The Kier molecular flexibility index (Phi) is 5.96. The topological polar surface area (TPSA) is 61.5 Å². The number of carbonyl (C=O) groups is 1. The molecule has 0 spiro atoms. The summed E-state index contributed by atoms with van der Waals surface area (Å²) in [6.07, 6.45) is 2.09. The lowest BCUT2D eigenvalue weighted by atomic mass is 10.1. The number of nitrogens with two attached hydrogens (primary N) is 1. The fourth-order valence-corrected chi connectivity index (χ4v) is 1.93. The van der Waals surface area contributed by atoms with Crippen LogP contribution in [0, 0.1) is 5.92 Å². The van der Waals surface area contributed by atoms with Gasteiger partial charge in [-0.25, -0.2) is 4.79 Å². The van der Waals surface area contributed by atoms with E-state index >= 15 is 0 Å². The van der Waals surface area contributed by atoms with Crippen LogP contribution in [0.3, 0.4) is 0 Å². The number of esters is 1. The lowest BCUT2D eigenvalue weighted by molar-refractivity contribution is 0.0440. The molecule has 1 aromatic rings. The number of hydrogen-bond acceptors (Lipinski definition) is 4. The molecule has 0 aliphatic carbocycles. The molecule has 0 heterocycles. The van der Waals surface area contributed by atoms with Crippen LogP contribution in [0.5, 0.6) is 5.75 Å². The Labute approximate surface area is 118 Å². The Balaban J connectivity index is 2.79. The predicted octanol–water partition coefficient (Wildman–Crippen LogP) is 3.52.